The highest BCUT2D eigenvalue weighted by Crippen LogP contribution is 2.31. The van der Waals surface area contributed by atoms with Crippen LogP contribution >= 0.6 is 0 Å². The number of rotatable bonds is 6. The van der Waals surface area contributed by atoms with Crippen LogP contribution in [0.1, 0.15) is 57.9 Å². The molecular weight excluding hydrogens is 350 g/mol. The van der Waals surface area contributed by atoms with E-state index in [1.54, 1.807) is 6.92 Å². The van der Waals surface area contributed by atoms with Crippen molar-refractivity contribution < 1.29 is 9.59 Å². The summed E-state index contributed by atoms with van der Waals surface area (Å²) in [4.78, 5) is 28.0. The van der Waals surface area contributed by atoms with Gasteiger partial charge in [0.2, 0.25) is 11.8 Å². The number of piperazine rings is 1. The highest BCUT2D eigenvalue weighted by molar-refractivity contribution is 5.76. The predicted molar refractivity (Wildman–Crippen MR) is 113 cm³/mol. The van der Waals surface area contributed by atoms with Gasteiger partial charge in [0.25, 0.3) is 0 Å². The molecule has 0 unspecified atom stereocenters. The maximum Gasteiger partial charge on any atom is 0.220 e. The number of benzene rings is 1. The van der Waals surface area contributed by atoms with Crippen LogP contribution in [0.15, 0.2) is 24.3 Å². The molecule has 0 spiro atoms. The smallest absolute Gasteiger partial charge is 0.220 e. The van der Waals surface area contributed by atoms with Gasteiger partial charge < -0.3 is 15.1 Å². The van der Waals surface area contributed by atoms with Crippen LogP contribution in [0.25, 0.3) is 0 Å². The molecule has 1 saturated heterocycles. The molecule has 0 aromatic heterocycles. The lowest BCUT2D eigenvalue weighted by Gasteiger charge is -2.35. The second kappa shape index (κ2) is 9.94. The standard InChI is InChI=1S/C23H35N3O2/c1-18(21-6-4-3-5-7-21)16-23(28)24-17-20-8-10-22(11-9-20)26-14-12-25(13-15-26)19(2)27/h8-11,18,21H,3-7,12-17H2,1-2H3,(H,24,28)/t18-/m0/s1. The van der Waals surface area contributed by atoms with E-state index in [0.29, 0.717) is 18.9 Å². The van der Waals surface area contributed by atoms with E-state index < -0.39 is 0 Å². The van der Waals surface area contributed by atoms with Gasteiger partial charge in [0.05, 0.1) is 0 Å². The average Bonchev–Trinajstić information content (AvgIpc) is 2.73. The molecule has 1 atom stereocenters. The van der Waals surface area contributed by atoms with Crippen LogP contribution in [-0.2, 0) is 16.1 Å². The minimum absolute atomic E-state index is 0.156. The summed E-state index contributed by atoms with van der Waals surface area (Å²) in [5, 5.41) is 3.09. The number of carbonyl (C=O) groups excluding carboxylic acids is 2. The van der Waals surface area contributed by atoms with E-state index in [9.17, 15) is 9.59 Å². The number of carbonyl (C=O) groups is 2. The molecule has 5 heteroatoms. The van der Waals surface area contributed by atoms with Gasteiger partial charge in [-0.25, -0.2) is 0 Å². The van der Waals surface area contributed by atoms with E-state index in [4.69, 9.17) is 0 Å². The van der Waals surface area contributed by atoms with E-state index in [-0.39, 0.29) is 11.8 Å². The molecule has 28 heavy (non-hydrogen) atoms. The molecule has 2 fully saturated rings. The van der Waals surface area contributed by atoms with Crippen molar-refractivity contribution in [2.75, 3.05) is 31.1 Å². The SMILES string of the molecule is CC(=O)N1CCN(c2ccc(CNC(=O)C[C@H](C)C3CCCCC3)cc2)CC1. The lowest BCUT2D eigenvalue weighted by molar-refractivity contribution is -0.129. The first-order valence-electron chi connectivity index (χ1n) is 10.9. The van der Waals surface area contributed by atoms with Gasteiger partial charge in [-0.05, 0) is 29.5 Å². The van der Waals surface area contributed by atoms with Crippen LogP contribution < -0.4 is 10.2 Å². The number of nitrogens with one attached hydrogen (secondary N) is 1. The number of nitrogens with zero attached hydrogens (tertiary/aromatic N) is 2. The van der Waals surface area contributed by atoms with E-state index in [2.05, 4.69) is 41.4 Å². The van der Waals surface area contributed by atoms with E-state index in [1.165, 1.54) is 37.8 Å². The normalized spacial score (nSPS) is 19.4. The summed E-state index contributed by atoms with van der Waals surface area (Å²) in [5.74, 6) is 1.53. The first kappa shape index (κ1) is 20.7. The molecule has 154 valence electrons. The fourth-order valence-electron chi connectivity index (χ4n) is 4.54. The molecule has 0 bridgehead atoms. The van der Waals surface area contributed by atoms with Gasteiger partial charge in [0.1, 0.15) is 0 Å². The highest BCUT2D eigenvalue weighted by atomic mass is 16.2. The Labute approximate surface area is 169 Å². The van der Waals surface area contributed by atoms with E-state index in [1.807, 2.05) is 4.90 Å². The second-order valence-corrected chi connectivity index (χ2v) is 8.52. The Bertz CT molecular complexity index is 644. The van der Waals surface area contributed by atoms with Crippen molar-refractivity contribution in [3.8, 4) is 0 Å². The second-order valence-electron chi connectivity index (χ2n) is 8.52. The molecule has 2 aliphatic rings. The molecule has 0 radical (unpaired) electrons. The van der Waals surface area contributed by atoms with Gasteiger partial charge in [-0.3, -0.25) is 9.59 Å². The Hall–Kier alpha value is -2.04. The maximum atomic E-state index is 12.3. The molecular formula is C23H35N3O2. The zero-order valence-electron chi connectivity index (χ0n) is 17.5. The number of hydrogen-bond donors (Lipinski definition) is 1. The lowest BCUT2D eigenvalue weighted by Crippen LogP contribution is -2.48. The lowest BCUT2D eigenvalue weighted by atomic mass is 9.79. The van der Waals surface area contributed by atoms with Gasteiger partial charge in [-0.15, -0.1) is 0 Å². The van der Waals surface area contributed by atoms with E-state index in [0.717, 1.165) is 37.7 Å². The molecule has 1 aliphatic carbocycles. The van der Waals surface area contributed by atoms with Crippen LogP contribution in [0.5, 0.6) is 0 Å². The third kappa shape index (κ3) is 5.73. The van der Waals surface area contributed by atoms with Crippen LogP contribution in [0.2, 0.25) is 0 Å². The summed E-state index contributed by atoms with van der Waals surface area (Å²) in [5.41, 5.74) is 2.31. The number of anilines is 1. The minimum atomic E-state index is 0.156. The first-order valence-corrected chi connectivity index (χ1v) is 10.9. The van der Waals surface area contributed by atoms with Crippen LogP contribution in [-0.4, -0.2) is 42.9 Å². The Morgan fingerprint density at radius 2 is 1.68 bits per heavy atom. The molecule has 1 aliphatic heterocycles. The Balaban J connectivity index is 1.41. The largest absolute Gasteiger partial charge is 0.368 e. The summed E-state index contributed by atoms with van der Waals surface area (Å²) in [6.45, 7) is 7.77. The molecule has 2 amide bonds. The third-order valence-electron chi connectivity index (χ3n) is 6.48. The zero-order valence-corrected chi connectivity index (χ0v) is 17.5. The quantitative estimate of drug-likeness (QED) is 0.814. The van der Waals surface area contributed by atoms with Crippen LogP contribution in [0, 0.1) is 11.8 Å². The highest BCUT2D eigenvalue weighted by Gasteiger charge is 2.22. The topological polar surface area (TPSA) is 52.7 Å². The minimum Gasteiger partial charge on any atom is -0.368 e. The Kier molecular flexibility index (Phi) is 7.35. The summed E-state index contributed by atoms with van der Waals surface area (Å²) < 4.78 is 0. The summed E-state index contributed by atoms with van der Waals surface area (Å²) in [6, 6.07) is 8.43. The van der Waals surface area contributed by atoms with Crippen molar-refractivity contribution in [3.63, 3.8) is 0 Å². The average molecular weight is 386 g/mol. The Morgan fingerprint density at radius 1 is 1.04 bits per heavy atom. The molecule has 1 aromatic carbocycles. The van der Waals surface area contributed by atoms with Crippen molar-refractivity contribution in [3.05, 3.63) is 29.8 Å². The maximum absolute atomic E-state index is 12.3. The number of amides is 2. The van der Waals surface area contributed by atoms with Gasteiger partial charge in [0.15, 0.2) is 0 Å². The van der Waals surface area contributed by atoms with Crippen molar-refractivity contribution in [2.45, 2.75) is 58.9 Å². The fourth-order valence-corrected chi connectivity index (χ4v) is 4.54. The zero-order chi connectivity index (χ0) is 19.9. The van der Waals surface area contributed by atoms with Crippen LogP contribution in [0.3, 0.4) is 0 Å². The van der Waals surface area contributed by atoms with Gasteiger partial charge in [0, 0.05) is 51.8 Å². The molecule has 1 saturated carbocycles. The summed E-state index contributed by atoms with van der Waals surface area (Å²) in [7, 11) is 0. The molecule has 5 nitrogen and oxygen atoms in total. The van der Waals surface area contributed by atoms with Crippen molar-refractivity contribution >= 4 is 17.5 Å². The Morgan fingerprint density at radius 3 is 2.29 bits per heavy atom. The molecule has 1 aromatic rings. The third-order valence-corrected chi connectivity index (χ3v) is 6.48. The van der Waals surface area contributed by atoms with Crippen molar-refractivity contribution in [1.82, 2.24) is 10.2 Å². The predicted octanol–water partition coefficient (Wildman–Crippen LogP) is 3.58. The van der Waals surface area contributed by atoms with E-state index >= 15 is 0 Å². The van der Waals surface area contributed by atoms with Crippen LogP contribution in [0.4, 0.5) is 5.69 Å². The van der Waals surface area contributed by atoms with Gasteiger partial charge in [-0.1, -0.05) is 51.2 Å². The molecule has 1 heterocycles. The van der Waals surface area contributed by atoms with Crippen molar-refractivity contribution in [1.29, 1.82) is 0 Å². The monoisotopic (exact) mass is 385 g/mol. The van der Waals surface area contributed by atoms with Gasteiger partial charge >= 0.3 is 0 Å². The molecule has 1 N–H and O–H groups in total. The molecule has 3 rings (SSSR count). The fraction of sp³-hybridized carbons (Fsp3) is 0.652. The summed E-state index contributed by atoms with van der Waals surface area (Å²) in [6.07, 6.45) is 7.23. The number of hydrogen-bond acceptors (Lipinski definition) is 3. The summed E-state index contributed by atoms with van der Waals surface area (Å²) >= 11 is 0. The first-order chi connectivity index (χ1) is 13.5. The van der Waals surface area contributed by atoms with Crippen molar-refractivity contribution in [2.24, 2.45) is 11.8 Å². The van der Waals surface area contributed by atoms with Gasteiger partial charge in [-0.2, -0.15) is 0 Å².